The first kappa shape index (κ1) is 21.0. The van der Waals surface area contributed by atoms with Gasteiger partial charge in [0.15, 0.2) is 5.11 Å². The minimum absolute atomic E-state index is 0.00307. The van der Waals surface area contributed by atoms with E-state index in [0.29, 0.717) is 28.6 Å². The van der Waals surface area contributed by atoms with Crippen LogP contribution in [0.2, 0.25) is 5.02 Å². The molecule has 2 amide bonds. The van der Waals surface area contributed by atoms with Crippen molar-refractivity contribution < 1.29 is 14.3 Å². The molecule has 7 heteroatoms. The summed E-state index contributed by atoms with van der Waals surface area (Å²) in [5.41, 5.74) is 1.22. The predicted octanol–water partition coefficient (Wildman–Crippen LogP) is 4.74. The Balaban J connectivity index is 1.84. The monoisotopic (exact) mass is 428 g/mol. The van der Waals surface area contributed by atoms with Crippen LogP contribution in [0.15, 0.2) is 54.1 Å². The van der Waals surface area contributed by atoms with Gasteiger partial charge in [0.2, 0.25) is 0 Å². The second-order valence-corrected chi connectivity index (χ2v) is 7.39. The molecule has 0 radical (unpaired) electrons. The summed E-state index contributed by atoms with van der Waals surface area (Å²) in [6.45, 7) is 2.77. The molecule has 1 heterocycles. The number of carbonyl (C=O) groups is 2. The van der Waals surface area contributed by atoms with Crippen LogP contribution in [0.4, 0.5) is 5.69 Å². The third-order valence-corrected chi connectivity index (χ3v) is 4.91. The minimum atomic E-state index is -0.528. The molecule has 29 heavy (non-hydrogen) atoms. The fourth-order valence-electron chi connectivity index (χ4n) is 2.88. The number of nitrogens with zero attached hydrogens (tertiary/aromatic N) is 1. The van der Waals surface area contributed by atoms with Gasteiger partial charge in [-0.05, 0) is 66.7 Å². The lowest BCUT2D eigenvalue weighted by Gasteiger charge is -2.29. The molecule has 0 spiro atoms. The Morgan fingerprint density at radius 3 is 2.62 bits per heavy atom. The highest BCUT2D eigenvalue weighted by atomic mass is 35.5. The predicted molar refractivity (Wildman–Crippen MR) is 119 cm³/mol. The van der Waals surface area contributed by atoms with Crippen LogP contribution in [0.1, 0.15) is 31.7 Å². The summed E-state index contributed by atoms with van der Waals surface area (Å²) in [7, 11) is 0. The van der Waals surface area contributed by atoms with Crippen LogP contribution in [0.5, 0.6) is 5.75 Å². The summed E-state index contributed by atoms with van der Waals surface area (Å²) >= 11 is 11.1. The molecule has 0 saturated carbocycles. The second-order valence-electron chi connectivity index (χ2n) is 6.56. The Morgan fingerprint density at radius 2 is 1.90 bits per heavy atom. The molecule has 0 atom stereocenters. The molecular formula is C22H21ClN2O3S. The molecule has 1 N–H and O–H groups in total. The Hall–Kier alpha value is -2.70. The van der Waals surface area contributed by atoms with Gasteiger partial charge in [0, 0.05) is 5.02 Å². The van der Waals surface area contributed by atoms with Crippen molar-refractivity contribution in [3.05, 3.63) is 64.7 Å². The van der Waals surface area contributed by atoms with Gasteiger partial charge in [-0.25, -0.2) is 0 Å². The fraction of sp³-hybridized carbons (Fsp3) is 0.227. The molecule has 1 fully saturated rings. The van der Waals surface area contributed by atoms with Crippen molar-refractivity contribution in [1.29, 1.82) is 0 Å². The number of nitrogens with one attached hydrogen (secondary N) is 1. The van der Waals surface area contributed by atoms with Crippen LogP contribution < -0.4 is 15.0 Å². The molecular weight excluding hydrogens is 408 g/mol. The number of hydrogen-bond donors (Lipinski definition) is 1. The van der Waals surface area contributed by atoms with Crippen molar-refractivity contribution in [2.75, 3.05) is 11.5 Å². The lowest BCUT2D eigenvalue weighted by Crippen LogP contribution is -2.54. The molecule has 1 aliphatic heterocycles. The van der Waals surface area contributed by atoms with Crippen LogP contribution in [0, 0.1) is 0 Å². The Kier molecular flexibility index (Phi) is 7.01. The van der Waals surface area contributed by atoms with Crippen molar-refractivity contribution >= 4 is 52.5 Å². The molecule has 5 nitrogen and oxygen atoms in total. The number of amides is 2. The fourth-order valence-corrected chi connectivity index (χ4v) is 3.29. The molecule has 0 bridgehead atoms. The Morgan fingerprint density at radius 1 is 1.14 bits per heavy atom. The smallest absolute Gasteiger partial charge is 0.270 e. The quantitative estimate of drug-likeness (QED) is 0.299. The maximum atomic E-state index is 13.0. The largest absolute Gasteiger partial charge is 0.494 e. The number of thiocarbonyl (C=S) groups is 1. The van der Waals surface area contributed by atoms with Crippen molar-refractivity contribution in [3.63, 3.8) is 0 Å². The summed E-state index contributed by atoms with van der Waals surface area (Å²) in [6.07, 6.45) is 4.76. The maximum absolute atomic E-state index is 13.0. The molecule has 2 aromatic carbocycles. The minimum Gasteiger partial charge on any atom is -0.494 e. The number of carbonyl (C=O) groups excluding carboxylic acids is 2. The standard InChI is InChI=1S/C22H21ClN2O3S/c1-2-3-4-12-28-18-7-5-6-15(13-18)14-19-20(26)24-22(29)25(21(19)27)17-10-8-16(23)9-11-17/h5-11,13-14H,2-4,12H2,1H3,(H,24,26,29). The molecule has 1 saturated heterocycles. The SMILES string of the molecule is CCCCCOc1cccc(C=C2C(=O)NC(=S)N(c3ccc(Cl)cc3)C2=O)c1. The highest BCUT2D eigenvalue weighted by Crippen LogP contribution is 2.24. The normalized spacial score (nSPS) is 15.6. The number of halogens is 1. The lowest BCUT2D eigenvalue weighted by molar-refractivity contribution is -0.122. The van der Waals surface area contributed by atoms with Gasteiger partial charge >= 0.3 is 0 Å². The summed E-state index contributed by atoms with van der Waals surface area (Å²) in [5.74, 6) is -0.320. The van der Waals surface area contributed by atoms with Gasteiger partial charge in [0.05, 0.1) is 12.3 Å². The van der Waals surface area contributed by atoms with Gasteiger partial charge < -0.3 is 4.74 Å². The van der Waals surface area contributed by atoms with E-state index in [2.05, 4.69) is 12.2 Å². The number of unbranched alkanes of at least 4 members (excludes halogenated alkanes) is 2. The van der Waals surface area contributed by atoms with Gasteiger partial charge in [0.1, 0.15) is 11.3 Å². The van der Waals surface area contributed by atoms with E-state index < -0.39 is 11.8 Å². The number of hydrogen-bond acceptors (Lipinski definition) is 4. The number of rotatable bonds is 7. The summed E-state index contributed by atoms with van der Waals surface area (Å²) in [5, 5.41) is 3.15. The van der Waals surface area contributed by atoms with E-state index in [1.165, 1.54) is 4.90 Å². The second kappa shape index (κ2) is 9.67. The van der Waals surface area contributed by atoms with E-state index in [1.54, 1.807) is 36.4 Å². The van der Waals surface area contributed by atoms with Gasteiger partial charge in [-0.2, -0.15) is 0 Å². The number of ether oxygens (including phenoxy) is 1. The van der Waals surface area contributed by atoms with Gasteiger partial charge in [-0.15, -0.1) is 0 Å². The van der Waals surface area contributed by atoms with E-state index in [4.69, 9.17) is 28.6 Å². The van der Waals surface area contributed by atoms with E-state index in [1.807, 2.05) is 18.2 Å². The van der Waals surface area contributed by atoms with Gasteiger partial charge in [-0.3, -0.25) is 19.8 Å². The van der Waals surface area contributed by atoms with Crippen molar-refractivity contribution in [2.24, 2.45) is 0 Å². The molecule has 150 valence electrons. The average molecular weight is 429 g/mol. The summed E-state index contributed by atoms with van der Waals surface area (Å²) in [6, 6.07) is 14.0. The first-order chi connectivity index (χ1) is 14.0. The Labute approximate surface area is 180 Å². The molecule has 0 unspecified atom stereocenters. The van der Waals surface area contributed by atoms with Crippen molar-refractivity contribution in [2.45, 2.75) is 26.2 Å². The van der Waals surface area contributed by atoms with Crippen LogP contribution in [0.3, 0.4) is 0 Å². The topological polar surface area (TPSA) is 58.6 Å². The molecule has 3 rings (SSSR count). The molecule has 0 aliphatic carbocycles. The highest BCUT2D eigenvalue weighted by molar-refractivity contribution is 7.80. The zero-order chi connectivity index (χ0) is 20.8. The summed E-state index contributed by atoms with van der Waals surface area (Å²) in [4.78, 5) is 26.7. The van der Waals surface area contributed by atoms with E-state index in [-0.39, 0.29) is 10.7 Å². The van der Waals surface area contributed by atoms with E-state index in [9.17, 15) is 9.59 Å². The zero-order valence-electron chi connectivity index (χ0n) is 16.0. The van der Waals surface area contributed by atoms with Crippen LogP contribution in [-0.4, -0.2) is 23.5 Å². The number of anilines is 1. The Bertz CT molecular complexity index is 957. The van der Waals surface area contributed by atoms with Crippen molar-refractivity contribution in [1.82, 2.24) is 5.32 Å². The third kappa shape index (κ3) is 5.22. The maximum Gasteiger partial charge on any atom is 0.270 e. The van der Waals surface area contributed by atoms with Crippen LogP contribution in [0.25, 0.3) is 6.08 Å². The summed E-state index contributed by atoms with van der Waals surface area (Å²) < 4.78 is 5.75. The first-order valence-electron chi connectivity index (χ1n) is 9.39. The third-order valence-electron chi connectivity index (χ3n) is 4.37. The van der Waals surface area contributed by atoms with Crippen molar-refractivity contribution in [3.8, 4) is 5.75 Å². The van der Waals surface area contributed by atoms with Crippen LogP contribution >= 0.6 is 23.8 Å². The molecule has 1 aliphatic rings. The van der Waals surface area contributed by atoms with Crippen LogP contribution in [-0.2, 0) is 9.59 Å². The lowest BCUT2D eigenvalue weighted by atomic mass is 10.1. The molecule has 0 aromatic heterocycles. The average Bonchev–Trinajstić information content (AvgIpc) is 2.70. The van der Waals surface area contributed by atoms with Gasteiger partial charge in [-0.1, -0.05) is 43.5 Å². The van der Waals surface area contributed by atoms with Gasteiger partial charge in [0.25, 0.3) is 11.8 Å². The zero-order valence-corrected chi connectivity index (χ0v) is 17.6. The highest BCUT2D eigenvalue weighted by Gasteiger charge is 2.34. The van der Waals surface area contributed by atoms with E-state index in [0.717, 1.165) is 19.3 Å². The first-order valence-corrected chi connectivity index (χ1v) is 10.2. The number of benzene rings is 2. The molecule has 2 aromatic rings. The van der Waals surface area contributed by atoms with E-state index >= 15 is 0 Å².